The molecule has 2 rings (SSSR count). The Morgan fingerprint density at radius 1 is 1.29 bits per heavy atom. The van der Waals surface area contributed by atoms with Gasteiger partial charge in [0.15, 0.2) is 0 Å². The molecular weight excluding hydrogens is 190 g/mol. The third-order valence-electron chi connectivity index (χ3n) is 2.82. The third-order valence-corrected chi connectivity index (χ3v) is 3.87. The maximum atomic E-state index is 5.76. The first kappa shape index (κ1) is 9.91. The molecule has 14 heavy (non-hydrogen) atoms. The Bertz CT molecular complexity index is 292. The number of nitrogens with two attached hydrogens (primary N) is 1. The summed E-state index contributed by atoms with van der Waals surface area (Å²) < 4.78 is 0. The molecule has 1 aromatic rings. The molecule has 2 N–H and O–H groups in total. The van der Waals surface area contributed by atoms with Crippen LogP contribution in [0.4, 0.5) is 5.69 Å². The van der Waals surface area contributed by atoms with E-state index in [1.807, 2.05) is 6.07 Å². The van der Waals surface area contributed by atoms with Crippen molar-refractivity contribution < 1.29 is 0 Å². The molecule has 0 spiro atoms. The predicted octanol–water partition coefficient (Wildman–Crippen LogP) is 2.95. The lowest BCUT2D eigenvalue weighted by molar-refractivity contribution is 0.488. The molecule has 0 atom stereocenters. The molecule has 2 heteroatoms. The van der Waals surface area contributed by atoms with Gasteiger partial charge in [0.05, 0.1) is 0 Å². The molecule has 0 bridgehead atoms. The third kappa shape index (κ3) is 2.68. The molecule has 0 radical (unpaired) electrons. The van der Waals surface area contributed by atoms with Crippen molar-refractivity contribution in [2.24, 2.45) is 5.92 Å². The number of nitrogen functional groups attached to an aromatic ring is 1. The minimum Gasteiger partial charge on any atom is -0.399 e. The van der Waals surface area contributed by atoms with Gasteiger partial charge in [0.1, 0.15) is 0 Å². The summed E-state index contributed by atoms with van der Waals surface area (Å²) in [7, 11) is 0. The molecule has 1 fully saturated rings. The summed E-state index contributed by atoms with van der Waals surface area (Å²) in [4.78, 5) is 0. The van der Waals surface area contributed by atoms with Gasteiger partial charge < -0.3 is 5.73 Å². The highest BCUT2D eigenvalue weighted by Crippen LogP contribution is 2.26. The van der Waals surface area contributed by atoms with Crippen LogP contribution in [0, 0.1) is 5.92 Å². The molecule has 1 aromatic carbocycles. The number of benzene rings is 1. The Morgan fingerprint density at radius 3 is 2.79 bits per heavy atom. The summed E-state index contributed by atoms with van der Waals surface area (Å²) >= 11 is 2.09. The summed E-state index contributed by atoms with van der Waals surface area (Å²) in [5.74, 6) is 3.57. The first-order valence-electron chi connectivity index (χ1n) is 5.27. The summed E-state index contributed by atoms with van der Waals surface area (Å²) in [5.41, 5.74) is 8.06. The highest BCUT2D eigenvalue weighted by atomic mass is 32.2. The standard InChI is InChI=1S/C12H17NS/c13-12-3-1-2-11(9-12)8-10-4-6-14-7-5-10/h1-3,9-10H,4-8,13H2. The van der Waals surface area contributed by atoms with Crippen LogP contribution in [0.2, 0.25) is 0 Å². The fourth-order valence-electron chi connectivity index (χ4n) is 2.00. The Labute approximate surface area is 90.1 Å². The van der Waals surface area contributed by atoms with Crippen LogP contribution in [0.25, 0.3) is 0 Å². The molecule has 1 nitrogen and oxygen atoms in total. The van der Waals surface area contributed by atoms with E-state index in [2.05, 4.69) is 30.0 Å². The fraction of sp³-hybridized carbons (Fsp3) is 0.500. The van der Waals surface area contributed by atoms with Gasteiger partial charge >= 0.3 is 0 Å². The van der Waals surface area contributed by atoms with Crippen molar-refractivity contribution in [3.63, 3.8) is 0 Å². The quantitative estimate of drug-likeness (QED) is 0.755. The van der Waals surface area contributed by atoms with E-state index >= 15 is 0 Å². The maximum Gasteiger partial charge on any atom is 0.0316 e. The second-order valence-corrected chi connectivity index (χ2v) is 5.23. The smallest absolute Gasteiger partial charge is 0.0316 e. The fourth-order valence-corrected chi connectivity index (χ4v) is 3.21. The number of thioether (sulfide) groups is 1. The van der Waals surface area contributed by atoms with E-state index in [4.69, 9.17) is 5.73 Å². The van der Waals surface area contributed by atoms with E-state index in [0.29, 0.717) is 0 Å². The van der Waals surface area contributed by atoms with Crippen LogP contribution in [0.15, 0.2) is 24.3 Å². The summed E-state index contributed by atoms with van der Waals surface area (Å²) in [6, 6.07) is 8.32. The van der Waals surface area contributed by atoms with Gasteiger partial charge in [-0.15, -0.1) is 0 Å². The van der Waals surface area contributed by atoms with Crippen molar-refractivity contribution in [1.29, 1.82) is 0 Å². The molecule has 0 aromatic heterocycles. The molecule has 0 aliphatic carbocycles. The highest BCUT2D eigenvalue weighted by molar-refractivity contribution is 7.99. The number of rotatable bonds is 2. The minimum absolute atomic E-state index is 0.887. The number of hydrogen-bond acceptors (Lipinski definition) is 2. The lowest BCUT2D eigenvalue weighted by atomic mass is 9.94. The van der Waals surface area contributed by atoms with Gasteiger partial charge in [-0.25, -0.2) is 0 Å². The number of hydrogen-bond donors (Lipinski definition) is 1. The topological polar surface area (TPSA) is 26.0 Å². The molecule has 1 heterocycles. The van der Waals surface area contributed by atoms with Gasteiger partial charge in [-0.05, 0) is 54.4 Å². The first-order chi connectivity index (χ1) is 6.84. The van der Waals surface area contributed by atoms with Crippen molar-refractivity contribution in [1.82, 2.24) is 0 Å². The maximum absolute atomic E-state index is 5.76. The molecule has 1 saturated heterocycles. The summed E-state index contributed by atoms with van der Waals surface area (Å²) in [6.07, 6.45) is 3.96. The normalized spacial score (nSPS) is 18.3. The van der Waals surface area contributed by atoms with Crippen LogP contribution in [0.1, 0.15) is 18.4 Å². The zero-order chi connectivity index (χ0) is 9.80. The van der Waals surface area contributed by atoms with Crippen molar-refractivity contribution in [3.8, 4) is 0 Å². The van der Waals surface area contributed by atoms with E-state index < -0.39 is 0 Å². The second kappa shape index (κ2) is 4.74. The van der Waals surface area contributed by atoms with Gasteiger partial charge in [-0.3, -0.25) is 0 Å². The first-order valence-corrected chi connectivity index (χ1v) is 6.42. The van der Waals surface area contributed by atoms with E-state index in [1.165, 1.54) is 36.3 Å². The van der Waals surface area contributed by atoms with Gasteiger partial charge in [-0.2, -0.15) is 11.8 Å². The average Bonchev–Trinajstić information content (AvgIpc) is 2.19. The Kier molecular flexibility index (Phi) is 3.35. The molecule has 0 amide bonds. The average molecular weight is 207 g/mol. The molecule has 0 saturated carbocycles. The highest BCUT2D eigenvalue weighted by Gasteiger charge is 2.13. The molecule has 0 unspecified atom stereocenters. The van der Waals surface area contributed by atoms with Crippen molar-refractivity contribution in [2.75, 3.05) is 17.2 Å². The zero-order valence-corrected chi connectivity index (χ0v) is 9.22. The lowest BCUT2D eigenvalue weighted by Crippen LogP contribution is -2.12. The van der Waals surface area contributed by atoms with Crippen LogP contribution >= 0.6 is 11.8 Å². The van der Waals surface area contributed by atoms with Crippen LogP contribution in [0.5, 0.6) is 0 Å². The van der Waals surface area contributed by atoms with Crippen LogP contribution in [-0.4, -0.2) is 11.5 Å². The molecule has 76 valence electrons. The Balaban J connectivity index is 1.95. The van der Waals surface area contributed by atoms with Crippen molar-refractivity contribution in [3.05, 3.63) is 29.8 Å². The van der Waals surface area contributed by atoms with Crippen LogP contribution in [-0.2, 0) is 6.42 Å². The Morgan fingerprint density at radius 2 is 2.07 bits per heavy atom. The number of anilines is 1. The summed E-state index contributed by atoms with van der Waals surface area (Å²) in [5, 5.41) is 0. The zero-order valence-electron chi connectivity index (χ0n) is 8.41. The van der Waals surface area contributed by atoms with Gasteiger partial charge in [0.25, 0.3) is 0 Å². The lowest BCUT2D eigenvalue weighted by Gasteiger charge is -2.21. The van der Waals surface area contributed by atoms with Crippen molar-refractivity contribution >= 4 is 17.4 Å². The predicted molar refractivity (Wildman–Crippen MR) is 64.6 cm³/mol. The molecule has 1 aliphatic heterocycles. The van der Waals surface area contributed by atoms with E-state index in [-0.39, 0.29) is 0 Å². The van der Waals surface area contributed by atoms with E-state index in [1.54, 1.807) is 0 Å². The van der Waals surface area contributed by atoms with Crippen LogP contribution < -0.4 is 5.73 Å². The Hall–Kier alpha value is -0.630. The monoisotopic (exact) mass is 207 g/mol. The molecular formula is C12H17NS. The minimum atomic E-state index is 0.887. The SMILES string of the molecule is Nc1cccc(CC2CCSCC2)c1. The van der Waals surface area contributed by atoms with E-state index in [9.17, 15) is 0 Å². The molecule has 1 aliphatic rings. The van der Waals surface area contributed by atoms with Gasteiger partial charge in [0, 0.05) is 5.69 Å². The largest absolute Gasteiger partial charge is 0.399 e. The van der Waals surface area contributed by atoms with E-state index in [0.717, 1.165) is 11.6 Å². The van der Waals surface area contributed by atoms with Crippen LogP contribution in [0.3, 0.4) is 0 Å². The van der Waals surface area contributed by atoms with Gasteiger partial charge in [0.2, 0.25) is 0 Å². The van der Waals surface area contributed by atoms with Crippen molar-refractivity contribution in [2.45, 2.75) is 19.3 Å². The van der Waals surface area contributed by atoms with Gasteiger partial charge in [-0.1, -0.05) is 12.1 Å². The summed E-state index contributed by atoms with van der Waals surface area (Å²) in [6.45, 7) is 0. The second-order valence-electron chi connectivity index (χ2n) is 4.00.